The van der Waals surface area contributed by atoms with Crippen LogP contribution in [-0.4, -0.2) is 32.5 Å². The highest BCUT2D eigenvalue weighted by molar-refractivity contribution is 5.77. The number of rotatable bonds is 3. The summed E-state index contributed by atoms with van der Waals surface area (Å²) in [7, 11) is 0. The van der Waals surface area contributed by atoms with E-state index in [1.54, 1.807) is 18.5 Å². The molecule has 1 atom stereocenters. The number of carboxylic acids is 1. The zero-order valence-electron chi connectivity index (χ0n) is 10.9. The summed E-state index contributed by atoms with van der Waals surface area (Å²) in [6.45, 7) is 1.79. The first-order chi connectivity index (χ1) is 9.74. The largest absolute Gasteiger partial charge is 0.481 e. The van der Waals surface area contributed by atoms with Gasteiger partial charge in [-0.05, 0) is 17.2 Å². The van der Waals surface area contributed by atoms with Gasteiger partial charge in [-0.1, -0.05) is 24.3 Å². The Morgan fingerprint density at radius 3 is 2.75 bits per heavy atom. The summed E-state index contributed by atoms with van der Waals surface area (Å²) in [6, 6.07) is 9.51. The molecule has 0 fully saturated rings. The molecule has 1 unspecified atom stereocenters. The molecule has 0 saturated carbocycles. The number of aromatic nitrogens is 2. The van der Waals surface area contributed by atoms with Crippen LogP contribution in [-0.2, 0) is 17.9 Å². The van der Waals surface area contributed by atoms with E-state index in [-0.39, 0.29) is 0 Å². The van der Waals surface area contributed by atoms with Crippen molar-refractivity contribution >= 4 is 5.97 Å². The molecule has 0 saturated heterocycles. The number of carboxylic acid groups (broad SMARTS) is 1. The van der Waals surface area contributed by atoms with Gasteiger partial charge in [0.2, 0.25) is 0 Å². The summed E-state index contributed by atoms with van der Waals surface area (Å²) in [5, 5.41) is 9.41. The molecule has 0 bridgehead atoms. The molecule has 1 aliphatic heterocycles. The Labute approximate surface area is 116 Å². The molecule has 5 nitrogen and oxygen atoms in total. The molecule has 2 aromatic rings. The summed E-state index contributed by atoms with van der Waals surface area (Å²) in [5.74, 6) is -0.546. The fourth-order valence-corrected chi connectivity index (χ4v) is 2.62. The number of benzene rings is 1. The second-order valence-electron chi connectivity index (χ2n) is 4.92. The SMILES string of the molecule is O=C(O)C1CN(Cc2ncccn2)Cc2ccccc21. The molecule has 0 amide bonds. The van der Waals surface area contributed by atoms with E-state index in [1.165, 1.54) is 0 Å². The molecular weight excluding hydrogens is 254 g/mol. The predicted molar refractivity (Wildman–Crippen MR) is 73.0 cm³/mol. The van der Waals surface area contributed by atoms with Crippen LogP contribution in [0.5, 0.6) is 0 Å². The van der Waals surface area contributed by atoms with E-state index >= 15 is 0 Å². The lowest BCUT2D eigenvalue weighted by Crippen LogP contribution is -2.36. The van der Waals surface area contributed by atoms with E-state index in [2.05, 4.69) is 14.9 Å². The lowest BCUT2D eigenvalue weighted by molar-refractivity contribution is -0.139. The van der Waals surface area contributed by atoms with Crippen molar-refractivity contribution in [1.82, 2.24) is 14.9 Å². The van der Waals surface area contributed by atoms with E-state index in [4.69, 9.17) is 0 Å². The Morgan fingerprint density at radius 1 is 1.25 bits per heavy atom. The standard InChI is InChI=1S/C15H15N3O2/c19-15(20)13-9-18(10-14-16-6-3-7-17-14)8-11-4-1-2-5-12(11)13/h1-7,13H,8-10H2,(H,19,20). The lowest BCUT2D eigenvalue weighted by Gasteiger charge is -2.32. The van der Waals surface area contributed by atoms with Gasteiger partial charge in [-0.25, -0.2) is 9.97 Å². The molecule has 2 heterocycles. The monoisotopic (exact) mass is 269 g/mol. The smallest absolute Gasteiger partial charge is 0.312 e. The highest BCUT2D eigenvalue weighted by Gasteiger charge is 2.30. The molecule has 0 spiro atoms. The molecule has 1 aromatic heterocycles. The average Bonchev–Trinajstić information content (AvgIpc) is 2.47. The van der Waals surface area contributed by atoms with Crippen molar-refractivity contribution in [3.05, 3.63) is 59.7 Å². The van der Waals surface area contributed by atoms with Gasteiger partial charge in [0.15, 0.2) is 0 Å². The summed E-state index contributed by atoms with van der Waals surface area (Å²) in [4.78, 5) is 21.9. The van der Waals surface area contributed by atoms with E-state index in [0.717, 1.165) is 23.5 Å². The van der Waals surface area contributed by atoms with Crippen molar-refractivity contribution in [3.63, 3.8) is 0 Å². The predicted octanol–water partition coefficient (Wildman–Crippen LogP) is 1.66. The minimum absolute atomic E-state index is 0.483. The van der Waals surface area contributed by atoms with Crippen molar-refractivity contribution in [2.75, 3.05) is 6.54 Å². The van der Waals surface area contributed by atoms with Crippen LogP contribution in [0.25, 0.3) is 0 Å². The minimum Gasteiger partial charge on any atom is -0.481 e. The Kier molecular flexibility index (Phi) is 3.43. The van der Waals surface area contributed by atoms with Gasteiger partial charge in [0, 0.05) is 25.5 Å². The molecule has 1 aliphatic rings. The fraction of sp³-hybridized carbons (Fsp3) is 0.267. The first-order valence-electron chi connectivity index (χ1n) is 6.53. The van der Waals surface area contributed by atoms with Gasteiger partial charge in [-0.2, -0.15) is 0 Å². The van der Waals surface area contributed by atoms with Crippen LogP contribution in [0, 0.1) is 0 Å². The molecule has 20 heavy (non-hydrogen) atoms. The highest BCUT2D eigenvalue weighted by Crippen LogP contribution is 2.28. The summed E-state index contributed by atoms with van der Waals surface area (Å²) in [5.41, 5.74) is 1.99. The molecule has 5 heteroatoms. The summed E-state index contributed by atoms with van der Waals surface area (Å²) >= 11 is 0. The molecule has 1 aromatic carbocycles. The van der Waals surface area contributed by atoms with Crippen molar-refractivity contribution in [3.8, 4) is 0 Å². The van der Waals surface area contributed by atoms with Crippen LogP contribution in [0.1, 0.15) is 22.9 Å². The van der Waals surface area contributed by atoms with Gasteiger partial charge in [-0.3, -0.25) is 9.69 Å². The third-order valence-corrected chi connectivity index (χ3v) is 3.55. The van der Waals surface area contributed by atoms with Crippen molar-refractivity contribution in [1.29, 1.82) is 0 Å². The third-order valence-electron chi connectivity index (χ3n) is 3.55. The molecule has 3 rings (SSSR count). The molecule has 0 radical (unpaired) electrons. The van der Waals surface area contributed by atoms with Gasteiger partial charge < -0.3 is 5.11 Å². The van der Waals surface area contributed by atoms with Gasteiger partial charge >= 0.3 is 5.97 Å². The van der Waals surface area contributed by atoms with Gasteiger partial charge in [0.05, 0.1) is 12.5 Å². The van der Waals surface area contributed by atoms with Crippen LogP contribution >= 0.6 is 0 Å². The number of hydrogen-bond acceptors (Lipinski definition) is 4. The zero-order valence-corrected chi connectivity index (χ0v) is 10.9. The lowest BCUT2D eigenvalue weighted by atomic mass is 9.90. The zero-order chi connectivity index (χ0) is 13.9. The van der Waals surface area contributed by atoms with Crippen molar-refractivity contribution < 1.29 is 9.90 Å². The van der Waals surface area contributed by atoms with Crippen LogP contribution in [0.3, 0.4) is 0 Å². The van der Waals surface area contributed by atoms with Gasteiger partial charge in [0.1, 0.15) is 5.82 Å². The van der Waals surface area contributed by atoms with Crippen molar-refractivity contribution in [2.45, 2.75) is 19.0 Å². The first-order valence-corrected chi connectivity index (χ1v) is 6.53. The van der Waals surface area contributed by atoms with Crippen LogP contribution in [0.15, 0.2) is 42.7 Å². The van der Waals surface area contributed by atoms with Crippen LogP contribution in [0.2, 0.25) is 0 Å². The summed E-state index contributed by atoms with van der Waals surface area (Å²) < 4.78 is 0. The number of fused-ring (bicyclic) bond motifs is 1. The van der Waals surface area contributed by atoms with E-state index in [9.17, 15) is 9.90 Å². The Morgan fingerprint density at radius 2 is 2.00 bits per heavy atom. The molecule has 1 N–H and O–H groups in total. The maximum atomic E-state index is 11.5. The Bertz CT molecular complexity index is 616. The first kappa shape index (κ1) is 12.7. The summed E-state index contributed by atoms with van der Waals surface area (Å²) in [6.07, 6.45) is 3.41. The van der Waals surface area contributed by atoms with E-state index in [0.29, 0.717) is 13.1 Å². The minimum atomic E-state index is -0.781. The topological polar surface area (TPSA) is 66.3 Å². The van der Waals surface area contributed by atoms with E-state index in [1.807, 2.05) is 24.3 Å². The van der Waals surface area contributed by atoms with Gasteiger partial charge in [-0.15, -0.1) is 0 Å². The highest BCUT2D eigenvalue weighted by atomic mass is 16.4. The number of nitrogens with zero attached hydrogens (tertiary/aromatic N) is 3. The van der Waals surface area contributed by atoms with Crippen LogP contribution in [0.4, 0.5) is 0 Å². The second-order valence-corrected chi connectivity index (χ2v) is 4.92. The molecule has 102 valence electrons. The average molecular weight is 269 g/mol. The normalized spacial score (nSPS) is 18.5. The second kappa shape index (κ2) is 5.38. The maximum absolute atomic E-state index is 11.5. The Hall–Kier alpha value is -2.27. The fourth-order valence-electron chi connectivity index (χ4n) is 2.62. The number of carbonyl (C=O) groups is 1. The van der Waals surface area contributed by atoms with E-state index < -0.39 is 11.9 Å². The molecule has 0 aliphatic carbocycles. The van der Waals surface area contributed by atoms with Gasteiger partial charge in [0.25, 0.3) is 0 Å². The number of aliphatic carboxylic acids is 1. The number of hydrogen-bond donors (Lipinski definition) is 1. The quantitative estimate of drug-likeness (QED) is 0.918. The maximum Gasteiger partial charge on any atom is 0.312 e. The molecular formula is C15H15N3O2. The third kappa shape index (κ3) is 2.53. The van der Waals surface area contributed by atoms with Crippen molar-refractivity contribution in [2.24, 2.45) is 0 Å². The van der Waals surface area contributed by atoms with Crippen LogP contribution < -0.4 is 0 Å². The Balaban J connectivity index is 1.85.